The Balaban J connectivity index is 2.20. The van der Waals surface area contributed by atoms with Crippen LogP contribution in [0.1, 0.15) is 13.8 Å². The van der Waals surface area contributed by atoms with Crippen molar-refractivity contribution in [2.24, 2.45) is 5.92 Å². The molecule has 4 heteroatoms. The molecule has 0 aliphatic heterocycles. The zero-order valence-corrected chi connectivity index (χ0v) is 9.57. The van der Waals surface area contributed by atoms with E-state index in [1.54, 1.807) is 0 Å². The highest BCUT2D eigenvalue weighted by Crippen LogP contribution is 2.15. The zero-order chi connectivity index (χ0) is 11.5. The zero-order valence-electron chi connectivity index (χ0n) is 9.57. The van der Waals surface area contributed by atoms with Gasteiger partial charge in [0.2, 0.25) is 5.95 Å². The summed E-state index contributed by atoms with van der Waals surface area (Å²) in [4.78, 5) is 7.59. The minimum absolute atomic E-state index is 0.0283. The molecule has 4 nitrogen and oxygen atoms in total. The molecule has 1 aromatic carbocycles. The Hall–Kier alpha value is -1.55. The summed E-state index contributed by atoms with van der Waals surface area (Å²) in [7, 11) is 0. The lowest BCUT2D eigenvalue weighted by molar-refractivity contribution is 0.249. The Bertz CT molecular complexity index is 431. The molecule has 0 spiro atoms. The SMILES string of the molecule is CC(C)[C@@H](CO)Nc1nc2ccccc2[nH]1. The summed E-state index contributed by atoms with van der Waals surface area (Å²) >= 11 is 0. The first-order valence-corrected chi connectivity index (χ1v) is 5.53. The summed E-state index contributed by atoms with van der Waals surface area (Å²) in [6, 6.07) is 7.90. The number of nitrogens with zero attached hydrogens (tertiary/aromatic N) is 1. The predicted octanol–water partition coefficient (Wildman–Crippen LogP) is 1.99. The van der Waals surface area contributed by atoms with Crippen molar-refractivity contribution < 1.29 is 5.11 Å². The number of para-hydroxylation sites is 2. The van der Waals surface area contributed by atoms with Gasteiger partial charge < -0.3 is 15.4 Å². The average Bonchev–Trinajstić information content (AvgIpc) is 2.67. The molecule has 1 aromatic heterocycles. The number of rotatable bonds is 4. The molecule has 2 rings (SSSR count). The smallest absolute Gasteiger partial charge is 0.201 e. The number of aliphatic hydroxyl groups excluding tert-OH is 1. The number of aromatic nitrogens is 2. The van der Waals surface area contributed by atoms with Crippen LogP contribution in [0.15, 0.2) is 24.3 Å². The lowest BCUT2D eigenvalue weighted by Gasteiger charge is -2.18. The van der Waals surface area contributed by atoms with Gasteiger partial charge in [-0.1, -0.05) is 26.0 Å². The second-order valence-corrected chi connectivity index (χ2v) is 4.28. The van der Waals surface area contributed by atoms with E-state index >= 15 is 0 Å². The molecule has 1 heterocycles. The highest BCUT2D eigenvalue weighted by atomic mass is 16.3. The molecule has 0 bridgehead atoms. The van der Waals surface area contributed by atoms with E-state index in [2.05, 4.69) is 29.1 Å². The molecule has 1 atom stereocenters. The van der Waals surface area contributed by atoms with Gasteiger partial charge in [-0.05, 0) is 18.1 Å². The molecule has 86 valence electrons. The largest absolute Gasteiger partial charge is 0.394 e. The van der Waals surface area contributed by atoms with Crippen LogP contribution in [0.4, 0.5) is 5.95 Å². The molecule has 16 heavy (non-hydrogen) atoms. The van der Waals surface area contributed by atoms with E-state index < -0.39 is 0 Å². The number of hydrogen-bond donors (Lipinski definition) is 3. The molecular formula is C12H17N3O. The van der Waals surface area contributed by atoms with E-state index in [4.69, 9.17) is 0 Å². The van der Waals surface area contributed by atoms with Crippen LogP contribution in [-0.2, 0) is 0 Å². The fraction of sp³-hybridized carbons (Fsp3) is 0.417. The van der Waals surface area contributed by atoms with Gasteiger partial charge in [0.15, 0.2) is 0 Å². The van der Waals surface area contributed by atoms with Gasteiger partial charge in [-0.25, -0.2) is 4.98 Å². The number of fused-ring (bicyclic) bond motifs is 1. The number of benzene rings is 1. The molecule has 0 aliphatic rings. The summed E-state index contributed by atoms with van der Waals surface area (Å²) in [6.07, 6.45) is 0. The maximum Gasteiger partial charge on any atom is 0.201 e. The third-order valence-electron chi connectivity index (χ3n) is 2.71. The van der Waals surface area contributed by atoms with Crippen LogP contribution in [-0.4, -0.2) is 27.7 Å². The van der Waals surface area contributed by atoms with Crippen LogP contribution in [0.25, 0.3) is 11.0 Å². The second-order valence-electron chi connectivity index (χ2n) is 4.28. The lowest BCUT2D eigenvalue weighted by Crippen LogP contribution is -2.29. The fourth-order valence-electron chi connectivity index (χ4n) is 1.62. The van der Waals surface area contributed by atoms with Gasteiger partial charge in [0.25, 0.3) is 0 Å². The molecule has 0 amide bonds. The standard InChI is InChI=1S/C12H17N3O/c1-8(2)11(7-16)15-12-13-9-5-3-4-6-10(9)14-12/h3-6,8,11,16H,7H2,1-2H3,(H2,13,14,15)/t11-/m1/s1. The number of H-pyrrole nitrogens is 1. The van der Waals surface area contributed by atoms with E-state index in [1.807, 2.05) is 24.3 Å². The Morgan fingerprint density at radius 1 is 1.38 bits per heavy atom. The van der Waals surface area contributed by atoms with E-state index in [0.29, 0.717) is 11.9 Å². The highest BCUT2D eigenvalue weighted by Gasteiger charge is 2.13. The second kappa shape index (κ2) is 4.53. The van der Waals surface area contributed by atoms with Crippen LogP contribution in [0.3, 0.4) is 0 Å². The molecule has 0 unspecified atom stereocenters. The van der Waals surface area contributed by atoms with Gasteiger partial charge in [0.1, 0.15) is 0 Å². The average molecular weight is 219 g/mol. The topological polar surface area (TPSA) is 60.9 Å². The molecule has 0 saturated carbocycles. The van der Waals surface area contributed by atoms with Gasteiger partial charge in [0, 0.05) is 0 Å². The molecule has 3 N–H and O–H groups in total. The van der Waals surface area contributed by atoms with E-state index in [0.717, 1.165) is 11.0 Å². The van der Waals surface area contributed by atoms with Crippen molar-refractivity contribution in [2.45, 2.75) is 19.9 Å². The summed E-state index contributed by atoms with van der Waals surface area (Å²) in [5.41, 5.74) is 1.94. The van der Waals surface area contributed by atoms with Crippen LogP contribution in [0.2, 0.25) is 0 Å². The minimum Gasteiger partial charge on any atom is -0.394 e. The van der Waals surface area contributed by atoms with Crippen molar-refractivity contribution >= 4 is 17.0 Å². The molecule has 2 aromatic rings. The molecule has 0 aliphatic carbocycles. The van der Waals surface area contributed by atoms with Crippen molar-refractivity contribution in [3.05, 3.63) is 24.3 Å². The normalized spacial score (nSPS) is 13.2. The summed E-state index contributed by atoms with van der Waals surface area (Å²) in [6.45, 7) is 4.24. The van der Waals surface area contributed by atoms with Crippen LogP contribution in [0, 0.1) is 5.92 Å². The number of nitrogens with one attached hydrogen (secondary N) is 2. The minimum atomic E-state index is 0.0283. The van der Waals surface area contributed by atoms with Crippen LogP contribution in [0.5, 0.6) is 0 Å². The van der Waals surface area contributed by atoms with E-state index in [9.17, 15) is 5.11 Å². The molecular weight excluding hydrogens is 202 g/mol. The van der Waals surface area contributed by atoms with Gasteiger partial charge in [0.05, 0.1) is 23.7 Å². The third-order valence-corrected chi connectivity index (χ3v) is 2.71. The van der Waals surface area contributed by atoms with Crippen molar-refractivity contribution in [2.75, 3.05) is 11.9 Å². The van der Waals surface area contributed by atoms with Gasteiger partial charge in [-0.2, -0.15) is 0 Å². The molecule has 0 saturated heterocycles. The van der Waals surface area contributed by atoms with Crippen molar-refractivity contribution in [1.29, 1.82) is 0 Å². The maximum absolute atomic E-state index is 9.23. The fourth-order valence-corrected chi connectivity index (χ4v) is 1.62. The Kier molecular flexibility index (Phi) is 3.10. The molecule has 0 fully saturated rings. The first kappa shape index (κ1) is 11.0. The Morgan fingerprint density at radius 3 is 2.75 bits per heavy atom. The van der Waals surface area contributed by atoms with Crippen molar-refractivity contribution in [3.63, 3.8) is 0 Å². The van der Waals surface area contributed by atoms with Crippen LogP contribution < -0.4 is 5.32 Å². The predicted molar refractivity (Wildman–Crippen MR) is 65.4 cm³/mol. The monoisotopic (exact) mass is 219 g/mol. The van der Waals surface area contributed by atoms with Gasteiger partial charge >= 0.3 is 0 Å². The number of imidazole rings is 1. The van der Waals surface area contributed by atoms with E-state index in [-0.39, 0.29) is 12.6 Å². The number of aliphatic hydroxyl groups is 1. The molecule has 0 radical (unpaired) electrons. The summed E-state index contributed by atoms with van der Waals surface area (Å²) in [5.74, 6) is 1.08. The van der Waals surface area contributed by atoms with Gasteiger partial charge in [-0.15, -0.1) is 0 Å². The maximum atomic E-state index is 9.23. The number of aromatic amines is 1. The number of anilines is 1. The van der Waals surface area contributed by atoms with Crippen molar-refractivity contribution in [3.8, 4) is 0 Å². The van der Waals surface area contributed by atoms with E-state index in [1.165, 1.54) is 0 Å². The summed E-state index contributed by atoms with van der Waals surface area (Å²) in [5, 5.41) is 12.4. The highest BCUT2D eigenvalue weighted by molar-refractivity contribution is 5.77. The van der Waals surface area contributed by atoms with Crippen LogP contribution >= 0.6 is 0 Å². The van der Waals surface area contributed by atoms with Crippen molar-refractivity contribution in [1.82, 2.24) is 9.97 Å². The number of hydrogen-bond acceptors (Lipinski definition) is 3. The Morgan fingerprint density at radius 2 is 2.12 bits per heavy atom. The first-order valence-electron chi connectivity index (χ1n) is 5.53. The first-order chi connectivity index (χ1) is 7.70. The lowest BCUT2D eigenvalue weighted by atomic mass is 10.1. The quantitative estimate of drug-likeness (QED) is 0.737. The summed E-state index contributed by atoms with van der Waals surface area (Å²) < 4.78 is 0. The Labute approximate surface area is 94.7 Å². The third kappa shape index (κ3) is 2.17. The van der Waals surface area contributed by atoms with Gasteiger partial charge in [-0.3, -0.25) is 0 Å².